The molecule has 0 unspecified atom stereocenters. The molecular formula is C19H23N3O3. The third kappa shape index (κ3) is 3.80. The zero-order valence-electron chi connectivity index (χ0n) is 14.8. The van der Waals surface area contributed by atoms with E-state index in [0.717, 1.165) is 24.1 Å². The van der Waals surface area contributed by atoms with Gasteiger partial charge in [0.25, 0.3) is 5.91 Å². The van der Waals surface area contributed by atoms with Crippen LogP contribution in [0.15, 0.2) is 57.3 Å². The first-order chi connectivity index (χ1) is 12.0. The Labute approximate surface area is 147 Å². The molecule has 0 saturated heterocycles. The summed E-state index contributed by atoms with van der Waals surface area (Å²) in [6, 6.07) is 0. The van der Waals surface area contributed by atoms with Gasteiger partial charge in [-0.1, -0.05) is 13.0 Å². The van der Waals surface area contributed by atoms with E-state index >= 15 is 0 Å². The number of aliphatic hydroxyl groups is 1. The molecule has 2 N–H and O–H groups in total. The summed E-state index contributed by atoms with van der Waals surface area (Å²) in [5.41, 5.74) is 1.60. The lowest BCUT2D eigenvalue weighted by atomic mass is 9.99. The molecule has 1 amide bonds. The van der Waals surface area contributed by atoms with Gasteiger partial charge in [-0.3, -0.25) is 4.79 Å². The van der Waals surface area contributed by atoms with Crippen LogP contribution >= 0.6 is 0 Å². The molecule has 6 nitrogen and oxygen atoms in total. The summed E-state index contributed by atoms with van der Waals surface area (Å²) >= 11 is 0. The molecule has 0 fully saturated rings. The molecule has 0 saturated carbocycles. The van der Waals surface area contributed by atoms with E-state index in [1.54, 1.807) is 36.3 Å². The normalized spacial score (nSPS) is 18.4. The van der Waals surface area contributed by atoms with Crippen LogP contribution in [0.1, 0.15) is 39.5 Å². The second-order valence-corrected chi connectivity index (χ2v) is 5.77. The number of aliphatic hydroxyl groups excluding tert-OH is 1. The van der Waals surface area contributed by atoms with Crippen LogP contribution < -0.4 is 5.32 Å². The fourth-order valence-corrected chi connectivity index (χ4v) is 2.97. The van der Waals surface area contributed by atoms with Crippen molar-refractivity contribution in [1.82, 2.24) is 10.2 Å². The molecule has 2 rings (SSSR count). The van der Waals surface area contributed by atoms with Crippen LogP contribution in [0.2, 0.25) is 0 Å². The van der Waals surface area contributed by atoms with Gasteiger partial charge in [0.05, 0.1) is 0 Å². The quantitative estimate of drug-likeness (QED) is 0.595. The number of rotatable bonds is 5. The molecule has 0 atom stereocenters. The SMILES string of the molecule is C\C=C/C=N\C(=C\CC)NC(=O)C1=C(O)C2=C(CCC2)N(C)C1=C=O. The molecule has 0 radical (unpaired) electrons. The molecule has 0 spiro atoms. The minimum Gasteiger partial charge on any atom is -0.507 e. The first kappa shape index (κ1) is 18.5. The number of carbonyl (C=O) groups excluding carboxylic acids is 2. The summed E-state index contributed by atoms with van der Waals surface area (Å²) in [5, 5.41) is 13.2. The lowest BCUT2D eigenvalue weighted by Crippen LogP contribution is -2.33. The Balaban J connectivity index is 2.37. The predicted octanol–water partition coefficient (Wildman–Crippen LogP) is 2.91. The molecule has 0 aromatic rings. The maximum Gasteiger partial charge on any atom is 0.263 e. The van der Waals surface area contributed by atoms with Crippen molar-refractivity contribution < 1.29 is 14.7 Å². The van der Waals surface area contributed by atoms with Crippen LogP contribution in [0.25, 0.3) is 0 Å². The number of allylic oxidation sites excluding steroid dienone is 5. The smallest absolute Gasteiger partial charge is 0.263 e. The zero-order chi connectivity index (χ0) is 18.4. The van der Waals surface area contributed by atoms with Crippen molar-refractivity contribution in [2.75, 3.05) is 7.05 Å². The third-order valence-electron chi connectivity index (χ3n) is 4.14. The van der Waals surface area contributed by atoms with E-state index in [-0.39, 0.29) is 17.0 Å². The number of nitrogens with zero attached hydrogens (tertiary/aromatic N) is 2. The molecule has 1 heterocycles. The van der Waals surface area contributed by atoms with Crippen molar-refractivity contribution in [1.29, 1.82) is 0 Å². The van der Waals surface area contributed by atoms with E-state index < -0.39 is 5.91 Å². The minimum absolute atomic E-state index is 0.0453. The fourth-order valence-electron chi connectivity index (χ4n) is 2.97. The van der Waals surface area contributed by atoms with Crippen molar-refractivity contribution in [2.45, 2.75) is 39.5 Å². The van der Waals surface area contributed by atoms with Crippen molar-refractivity contribution in [3.8, 4) is 0 Å². The zero-order valence-corrected chi connectivity index (χ0v) is 14.8. The molecule has 132 valence electrons. The lowest BCUT2D eigenvalue weighted by molar-refractivity contribution is -0.116. The van der Waals surface area contributed by atoms with E-state index in [9.17, 15) is 14.7 Å². The van der Waals surface area contributed by atoms with Gasteiger partial charge in [0.2, 0.25) is 0 Å². The second kappa shape index (κ2) is 8.31. The first-order valence-electron chi connectivity index (χ1n) is 8.36. The van der Waals surface area contributed by atoms with E-state index in [1.807, 2.05) is 19.9 Å². The summed E-state index contributed by atoms with van der Waals surface area (Å²) in [6.07, 6.45) is 9.90. The van der Waals surface area contributed by atoms with Gasteiger partial charge in [0.1, 0.15) is 22.9 Å². The van der Waals surface area contributed by atoms with Crippen molar-refractivity contribution in [2.24, 2.45) is 4.99 Å². The molecular weight excluding hydrogens is 318 g/mol. The van der Waals surface area contributed by atoms with Crippen molar-refractivity contribution in [3.05, 3.63) is 52.3 Å². The Morgan fingerprint density at radius 2 is 2.20 bits per heavy atom. The van der Waals surface area contributed by atoms with Gasteiger partial charge >= 0.3 is 0 Å². The fraction of sp³-hybridized carbons (Fsp3) is 0.368. The van der Waals surface area contributed by atoms with Crippen LogP contribution in [0.5, 0.6) is 0 Å². The predicted molar refractivity (Wildman–Crippen MR) is 97.3 cm³/mol. The van der Waals surface area contributed by atoms with Gasteiger partial charge in [0.15, 0.2) is 5.94 Å². The molecule has 0 aromatic heterocycles. The highest BCUT2D eigenvalue weighted by Gasteiger charge is 2.35. The molecule has 6 heteroatoms. The van der Waals surface area contributed by atoms with Crippen LogP contribution in [0, 0.1) is 0 Å². The van der Waals surface area contributed by atoms with Gasteiger partial charge in [-0.05, 0) is 44.8 Å². The van der Waals surface area contributed by atoms with Gasteiger partial charge in [-0.15, -0.1) is 0 Å². The maximum absolute atomic E-state index is 12.7. The average molecular weight is 341 g/mol. The largest absolute Gasteiger partial charge is 0.507 e. The summed E-state index contributed by atoms with van der Waals surface area (Å²) in [5.74, 6) is 1.46. The number of hydrogen-bond acceptors (Lipinski definition) is 5. The number of carbonyl (C=O) groups is 1. The highest BCUT2D eigenvalue weighted by molar-refractivity contribution is 6.02. The van der Waals surface area contributed by atoms with Crippen LogP contribution in [0.4, 0.5) is 0 Å². The summed E-state index contributed by atoms with van der Waals surface area (Å²) in [7, 11) is 1.72. The number of aliphatic imine (C=N–C) groups is 1. The Morgan fingerprint density at radius 1 is 1.44 bits per heavy atom. The maximum atomic E-state index is 12.7. The standard InChI is InChI=1S/C19H23N3O3/c1-4-6-11-20-16(8-5-2)21-19(25)17-15(12-23)22(3)14-10-7-9-13(14)18(17)24/h4,6,8,11,24H,5,7,9-10H2,1-3H3,(H,21,25)/b6-4-,16-8-,20-11-. The minimum atomic E-state index is -0.571. The van der Waals surface area contributed by atoms with E-state index in [0.29, 0.717) is 18.7 Å². The monoisotopic (exact) mass is 341 g/mol. The number of amides is 1. The molecule has 2 aliphatic rings. The van der Waals surface area contributed by atoms with Crippen LogP contribution in [0.3, 0.4) is 0 Å². The van der Waals surface area contributed by atoms with Crippen LogP contribution in [-0.4, -0.2) is 35.1 Å². The summed E-state index contributed by atoms with van der Waals surface area (Å²) < 4.78 is 0. The van der Waals surface area contributed by atoms with Crippen LogP contribution in [-0.2, 0) is 9.59 Å². The van der Waals surface area contributed by atoms with Crippen molar-refractivity contribution >= 4 is 18.1 Å². The molecule has 1 aliphatic carbocycles. The molecule has 25 heavy (non-hydrogen) atoms. The van der Waals surface area contributed by atoms with Gasteiger partial charge in [-0.2, -0.15) is 0 Å². The van der Waals surface area contributed by atoms with Gasteiger partial charge in [0, 0.05) is 24.5 Å². The Bertz CT molecular complexity index is 763. The van der Waals surface area contributed by atoms with Gasteiger partial charge in [-0.25, -0.2) is 9.79 Å². The summed E-state index contributed by atoms with van der Waals surface area (Å²) in [6.45, 7) is 3.79. The number of nitrogens with one attached hydrogen (secondary N) is 1. The molecule has 1 aliphatic heterocycles. The summed E-state index contributed by atoms with van der Waals surface area (Å²) in [4.78, 5) is 30.0. The topological polar surface area (TPSA) is 82.0 Å². The number of likely N-dealkylation sites (N-methyl/N-ethyl adjacent to an activating group) is 1. The van der Waals surface area contributed by atoms with Crippen molar-refractivity contribution in [3.63, 3.8) is 0 Å². The third-order valence-corrected chi connectivity index (χ3v) is 4.14. The van der Waals surface area contributed by atoms with E-state index in [1.165, 1.54) is 0 Å². The Hall–Kier alpha value is -2.85. The molecule has 0 bridgehead atoms. The van der Waals surface area contributed by atoms with Gasteiger partial charge < -0.3 is 15.3 Å². The number of hydrogen-bond donors (Lipinski definition) is 2. The second-order valence-electron chi connectivity index (χ2n) is 5.77. The highest BCUT2D eigenvalue weighted by Crippen LogP contribution is 2.40. The lowest BCUT2D eigenvalue weighted by Gasteiger charge is -2.29. The van der Waals surface area contributed by atoms with E-state index in [2.05, 4.69) is 10.3 Å². The van der Waals surface area contributed by atoms with E-state index in [4.69, 9.17) is 0 Å². The Morgan fingerprint density at radius 3 is 2.84 bits per heavy atom. The molecule has 0 aromatic carbocycles. The highest BCUT2D eigenvalue weighted by atomic mass is 16.3. The average Bonchev–Trinajstić information content (AvgIpc) is 3.08. The Kier molecular flexibility index (Phi) is 6.14. The first-order valence-corrected chi connectivity index (χ1v) is 8.36.